The molecule has 4 heteroatoms. The van der Waals surface area contributed by atoms with E-state index >= 15 is 0 Å². The number of nitrogens with zero attached hydrogens (tertiary/aromatic N) is 1. The standard InChI is InChI=1S/C12H25N3O/c1-4-10(12(13)16)15-8-6-5-7-11(15)9(2)14-3/h9-11,14H,4-8H2,1-3H3,(H2,13,16). The maximum Gasteiger partial charge on any atom is 0.234 e. The Morgan fingerprint density at radius 1 is 1.56 bits per heavy atom. The summed E-state index contributed by atoms with van der Waals surface area (Å²) in [5, 5.41) is 3.29. The first kappa shape index (κ1) is 13.5. The summed E-state index contributed by atoms with van der Waals surface area (Å²) in [6.45, 7) is 5.21. The molecular formula is C12H25N3O. The first-order valence-corrected chi connectivity index (χ1v) is 6.34. The zero-order valence-electron chi connectivity index (χ0n) is 10.7. The maximum atomic E-state index is 11.4. The van der Waals surface area contributed by atoms with Crippen LogP contribution in [0.5, 0.6) is 0 Å². The monoisotopic (exact) mass is 227 g/mol. The third-order valence-electron chi connectivity index (χ3n) is 3.74. The number of piperidine rings is 1. The lowest BCUT2D eigenvalue weighted by molar-refractivity contribution is -0.125. The van der Waals surface area contributed by atoms with Crippen LogP contribution in [0.25, 0.3) is 0 Å². The van der Waals surface area contributed by atoms with Crippen LogP contribution in [0.15, 0.2) is 0 Å². The molecule has 3 N–H and O–H groups in total. The molecule has 1 amide bonds. The Hall–Kier alpha value is -0.610. The molecule has 0 aromatic rings. The first-order chi connectivity index (χ1) is 7.61. The van der Waals surface area contributed by atoms with Crippen molar-refractivity contribution in [1.82, 2.24) is 10.2 Å². The van der Waals surface area contributed by atoms with Crippen molar-refractivity contribution >= 4 is 5.91 Å². The number of nitrogens with two attached hydrogens (primary N) is 1. The van der Waals surface area contributed by atoms with Gasteiger partial charge >= 0.3 is 0 Å². The average molecular weight is 227 g/mol. The molecule has 1 rings (SSSR count). The van der Waals surface area contributed by atoms with E-state index in [1.54, 1.807) is 0 Å². The van der Waals surface area contributed by atoms with Crippen molar-refractivity contribution in [3.8, 4) is 0 Å². The van der Waals surface area contributed by atoms with Gasteiger partial charge in [-0.05, 0) is 39.8 Å². The highest BCUT2D eigenvalue weighted by Crippen LogP contribution is 2.23. The molecule has 1 aliphatic heterocycles. The third kappa shape index (κ3) is 2.95. The van der Waals surface area contributed by atoms with Gasteiger partial charge in [-0.3, -0.25) is 9.69 Å². The van der Waals surface area contributed by atoms with Crippen LogP contribution in [0.2, 0.25) is 0 Å². The van der Waals surface area contributed by atoms with Gasteiger partial charge in [0.2, 0.25) is 5.91 Å². The Kier molecular flexibility index (Phi) is 5.22. The smallest absolute Gasteiger partial charge is 0.234 e. The van der Waals surface area contributed by atoms with E-state index in [9.17, 15) is 4.79 Å². The zero-order valence-corrected chi connectivity index (χ0v) is 10.7. The van der Waals surface area contributed by atoms with Gasteiger partial charge in [0, 0.05) is 12.1 Å². The number of likely N-dealkylation sites (N-methyl/N-ethyl adjacent to an activating group) is 1. The fraction of sp³-hybridized carbons (Fsp3) is 0.917. The summed E-state index contributed by atoms with van der Waals surface area (Å²) in [6, 6.07) is 0.756. The predicted molar refractivity (Wildman–Crippen MR) is 66.1 cm³/mol. The Bertz CT molecular complexity index is 232. The van der Waals surface area contributed by atoms with Crippen molar-refractivity contribution in [2.24, 2.45) is 5.73 Å². The Labute approximate surface area is 98.6 Å². The molecule has 3 unspecified atom stereocenters. The number of hydrogen-bond acceptors (Lipinski definition) is 3. The van der Waals surface area contributed by atoms with Gasteiger partial charge in [-0.15, -0.1) is 0 Å². The Morgan fingerprint density at radius 2 is 2.25 bits per heavy atom. The largest absolute Gasteiger partial charge is 0.368 e. The number of hydrogen-bond donors (Lipinski definition) is 2. The number of primary amides is 1. The lowest BCUT2D eigenvalue weighted by Crippen LogP contribution is -2.57. The van der Waals surface area contributed by atoms with Gasteiger partial charge in [0.05, 0.1) is 6.04 Å². The van der Waals surface area contributed by atoms with E-state index in [1.807, 2.05) is 14.0 Å². The van der Waals surface area contributed by atoms with Gasteiger partial charge in [0.1, 0.15) is 0 Å². The van der Waals surface area contributed by atoms with Crippen LogP contribution < -0.4 is 11.1 Å². The number of nitrogens with one attached hydrogen (secondary N) is 1. The van der Waals surface area contributed by atoms with Crippen LogP contribution in [-0.4, -0.2) is 42.5 Å². The van der Waals surface area contributed by atoms with Crippen molar-refractivity contribution in [3.05, 3.63) is 0 Å². The molecule has 0 radical (unpaired) electrons. The topological polar surface area (TPSA) is 58.4 Å². The molecule has 0 aromatic heterocycles. The zero-order chi connectivity index (χ0) is 12.1. The molecule has 3 atom stereocenters. The molecule has 94 valence electrons. The van der Waals surface area contributed by atoms with E-state index in [0.29, 0.717) is 12.1 Å². The first-order valence-electron chi connectivity index (χ1n) is 6.34. The summed E-state index contributed by atoms with van der Waals surface area (Å²) in [4.78, 5) is 13.7. The van der Waals surface area contributed by atoms with E-state index in [1.165, 1.54) is 12.8 Å². The maximum absolute atomic E-state index is 11.4. The molecule has 1 fully saturated rings. The molecule has 0 spiro atoms. The number of likely N-dealkylation sites (tertiary alicyclic amines) is 1. The Balaban J connectivity index is 2.75. The van der Waals surface area contributed by atoms with Gasteiger partial charge in [0.25, 0.3) is 0 Å². The van der Waals surface area contributed by atoms with Crippen LogP contribution in [0.1, 0.15) is 39.5 Å². The van der Waals surface area contributed by atoms with E-state index in [4.69, 9.17) is 5.73 Å². The number of carbonyl (C=O) groups is 1. The average Bonchev–Trinajstić information content (AvgIpc) is 2.29. The van der Waals surface area contributed by atoms with Gasteiger partial charge in [-0.25, -0.2) is 0 Å². The van der Waals surface area contributed by atoms with Crippen molar-refractivity contribution in [1.29, 1.82) is 0 Å². The molecule has 16 heavy (non-hydrogen) atoms. The van der Waals surface area contributed by atoms with Crippen LogP contribution >= 0.6 is 0 Å². The lowest BCUT2D eigenvalue weighted by atomic mass is 9.94. The minimum atomic E-state index is -0.183. The second-order valence-electron chi connectivity index (χ2n) is 4.70. The molecule has 1 saturated heterocycles. The molecule has 4 nitrogen and oxygen atoms in total. The van der Waals surface area contributed by atoms with Gasteiger partial charge in [-0.2, -0.15) is 0 Å². The Morgan fingerprint density at radius 3 is 2.75 bits per heavy atom. The summed E-state index contributed by atoms with van der Waals surface area (Å²) in [5.41, 5.74) is 5.48. The lowest BCUT2D eigenvalue weighted by Gasteiger charge is -2.42. The highest BCUT2D eigenvalue weighted by Gasteiger charge is 2.33. The van der Waals surface area contributed by atoms with Crippen LogP contribution in [0, 0.1) is 0 Å². The quantitative estimate of drug-likeness (QED) is 0.727. The van der Waals surface area contributed by atoms with Crippen LogP contribution in [0.4, 0.5) is 0 Å². The number of carbonyl (C=O) groups excluding carboxylic acids is 1. The third-order valence-corrected chi connectivity index (χ3v) is 3.74. The second-order valence-corrected chi connectivity index (χ2v) is 4.70. The highest BCUT2D eigenvalue weighted by molar-refractivity contribution is 5.79. The van der Waals surface area contributed by atoms with Gasteiger partial charge in [0.15, 0.2) is 0 Å². The minimum absolute atomic E-state index is 0.0962. The van der Waals surface area contributed by atoms with Crippen molar-refractivity contribution < 1.29 is 4.79 Å². The van der Waals surface area contributed by atoms with E-state index in [2.05, 4.69) is 17.1 Å². The molecule has 1 heterocycles. The predicted octanol–water partition coefficient (Wildman–Crippen LogP) is 0.713. The highest BCUT2D eigenvalue weighted by atomic mass is 16.1. The number of rotatable bonds is 5. The molecule has 0 bridgehead atoms. The fourth-order valence-electron chi connectivity index (χ4n) is 2.70. The molecule has 0 aliphatic carbocycles. The van der Waals surface area contributed by atoms with Gasteiger partial charge < -0.3 is 11.1 Å². The number of amides is 1. The van der Waals surface area contributed by atoms with Crippen molar-refractivity contribution in [3.63, 3.8) is 0 Å². The van der Waals surface area contributed by atoms with E-state index in [0.717, 1.165) is 19.4 Å². The summed E-state index contributed by atoms with van der Waals surface area (Å²) in [7, 11) is 1.97. The molecule has 0 aromatic carbocycles. The minimum Gasteiger partial charge on any atom is -0.368 e. The second kappa shape index (κ2) is 6.21. The van der Waals surface area contributed by atoms with Crippen molar-refractivity contribution in [2.75, 3.05) is 13.6 Å². The summed E-state index contributed by atoms with van der Waals surface area (Å²) >= 11 is 0. The van der Waals surface area contributed by atoms with Crippen LogP contribution in [-0.2, 0) is 4.79 Å². The summed E-state index contributed by atoms with van der Waals surface area (Å²) < 4.78 is 0. The molecular weight excluding hydrogens is 202 g/mol. The summed E-state index contributed by atoms with van der Waals surface area (Å²) in [6.07, 6.45) is 4.40. The van der Waals surface area contributed by atoms with Crippen molar-refractivity contribution in [2.45, 2.75) is 57.7 Å². The SMILES string of the molecule is CCC(C(N)=O)N1CCCCC1C(C)NC. The normalized spacial score (nSPS) is 26.3. The summed E-state index contributed by atoms with van der Waals surface area (Å²) in [5.74, 6) is -0.183. The molecule has 0 saturated carbocycles. The van der Waals surface area contributed by atoms with E-state index in [-0.39, 0.29) is 11.9 Å². The molecule has 1 aliphatic rings. The van der Waals surface area contributed by atoms with E-state index < -0.39 is 0 Å². The van der Waals surface area contributed by atoms with Crippen LogP contribution in [0.3, 0.4) is 0 Å². The van der Waals surface area contributed by atoms with Gasteiger partial charge in [-0.1, -0.05) is 13.3 Å². The fourth-order valence-corrected chi connectivity index (χ4v) is 2.70.